The molecule has 0 radical (unpaired) electrons. The Labute approximate surface area is 140 Å². The number of para-hydroxylation sites is 1. The molecule has 0 amide bonds. The van der Waals surface area contributed by atoms with Gasteiger partial charge in [0, 0.05) is 11.8 Å². The molecule has 1 aliphatic heterocycles. The fourth-order valence-electron chi connectivity index (χ4n) is 2.14. The molecule has 1 unspecified atom stereocenters. The summed E-state index contributed by atoms with van der Waals surface area (Å²) < 4.78 is 16.3. The van der Waals surface area contributed by atoms with Crippen LogP contribution in [0.4, 0.5) is 5.69 Å². The van der Waals surface area contributed by atoms with Crippen molar-refractivity contribution in [3.05, 3.63) is 48.5 Å². The second-order valence-corrected chi connectivity index (χ2v) is 5.60. The van der Waals surface area contributed by atoms with Crippen LogP contribution in [0.3, 0.4) is 0 Å². The number of fused-ring (bicyclic) bond motifs is 1. The molecule has 120 valence electrons. The molecule has 5 nitrogen and oxygen atoms in total. The van der Waals surface area contributed by atoms with Gasteiger partial charge in [0.05, 0.1) is 6.04 Å². The largest absolute Gasteiger partial charge is 0.491 e. The highest BCUT2D eigenvalue weighted by Gasteiger charge is 2.14. The number of nitrogens with one attached hydrogen (secondary N) is 2. The Morgan fingerprint density at radius 3 is 2.78 bits per heavy atom. The Morgan fingerprint density at radius 1 is 1.17 bits per heavy atom. The zero-order valence-corrected chi connectivity index (χ0v) is 13.6. The Morgan fingerprint density at radius 2 is 1.96 bits per heavy atom. The van der Waals surface area contributed by atoms with Gasteiger partial charge in [-0.15, -0.1) is 0 Å². The molecular formula is C17H18N2O3S. The van der Waals surface area contributed by atoms with Crippen molar-refractivity contribution in [1.29, 1.82) is 0 Å². The van der Waals surface area contributed by atoms with Crippen LogP contribution in [0.2, 0.25) is 0 Å². The highest BCUT2D eigenvalue weighted by Crippen LogP contribution is 2.34. The quantitative estimate of drug-likeness (QED) is 0.821. The number of thiocarbonyl (C=S) groups is 1. The Bertz CT molecular complexity index is 679. The maximum absolute atomic E-state index is 5.69. The molecule has 1 heterocycles. The van der Waals surface area contributed by atoms with Gasteiger partial charge in [0.2, 0.25) is 6.79 Å². The number of ether oxygens (including phenoxy) is 3. The predicted octanol–water partition coefficient (Wildman–Crippen LogP) is 3.17. The first-order valence-electron chi connectivity index (χ1n) is 7.36. The van der Waals surface area contributed by atoms with Gasteiger partial charge in [-0.2, -0.15) is 0 Å². The van der Waals surface area contributed by atoms with Crippen molar-refractivity contribution in [1.82, 2.24) is 5.32 Å². The SMILES string of the molecule is CC(COc1ccccc1)NC(=S)Nc1ccc2c(c1)OCO2. The molecule has 0 saturated carbocycles. The normalized spacial score (nSPS) is 13.3. The van der Waals surface area contributed by atoms with E-state index in [0.717, 1.165) is 22.9 Å². The van der Waals surface area contributed by atoms with E-state index in [1.54, 1.807) is 0 Å². The smallest absolute Gasteiger partial charge is 0.231 e. The fraction of sp³-hybridized carbons (Fsp3) is 0.235. The Kier molecular flexibility index (Phi) is 4.83. The van der Waals surface area contributed by atoms with E-state index in [1.165, 1.54) is 0 Å². The molecule has 0 fully saturated rings. The van der Waals surface area contributed by atoms with Crippen molar-refractivity contribution < 1.29 is 14.2 Å². The van der Waals surface area contributed by atoms with Crippen LogP contribution in [0.1, 0.15) is 6.92 Å². The minimum absolute atomic E-state index is 0.0733. The summed E-state index contributed by atoms with van der Waals surface area (Å²) in [6.45, 7) is 2.79. The third kappa shape index (κ3) is 4.26. The third-order valence-electron chi connectivity index (χ3n) is 3.25. The number of hydrogen-bond donors (Lipinski definition) is 2. The molecule has 2 aromatic rings. The van der Waals surface area contributed by atoms with Gasteiger partial charge in [0.1, 0.15) is 12.4 Å². The van der Waals surface area contributed by atoms with Gasteiger partial charge in [0.15, 0.2) is 16.6 Å². The maximum Gasteiger partial charge on any atom is 0.231 e. The molecule has 1 atom stereocenters. The van der Waals surface area contributed by atoms with Crippen molar-refractivity contribution in [2.45, 2.75) is 13.0 Å². The van der Waals surface area contributed by atoms with Crippen molar-refractivity contribution in [2.75, 3.05) is 18.7 Å². The zero-order valence-electron chi connectivity index (χ0n) is 12.7. The van der Waals surface area contributed by atoms with Crippen molar-refractivity contribution in [2.24, 2.45) is 0 Å². The average molecular weight is 330 g/mol. The summed E-state index contributed by atoms with van der Waals surface area (Å²) in [5.41, 5.74) is 0.850. The van der Waals surface area contributed by atoms with E-state index in [1.807, 2.05) is 55.5 Å². The fourth-order valence-corrected chi connectivity index (χ4v) is 2.46. The summed E-state index contributed by atoms with van der Waals surface area (Å²) in [5, 5.41) is 6.85. The van der Waals surface area contributed by atoms with E-state index in [2.05, 4.69) is 10.6 Å². The number of hydrogen-bond acceptors (Lipinski definition) is 4. The summed E-state index contributed by atoms with van der Waals surface area (Å²) in [4.78, 5) is 0. The second-order valence-electron chi connectivity index (χ2n) is 5.19. The Hall–Kier alpha value is -2.47. The molecule has 2 N–H and O–H groups in total. The van der Waals surface area contributed by atoms with E-state index in [4.69, 9.17) is 26.4 Å². The van der Waals surface area contributed by atoms with Crippen LogP contribution in [-0.4, -0.2) is 24.6 Å². The summed E-state index contributed by atoms with van der Waals surface area (Å²) in [6, 6.07) is 15.4. The van der Waals surface area contributed by atoms with Crippen molar-refractivity contribution in [3.8, 4) is 17.2 Å². The van der Waals surface area contributed by atoms with E-state index in [9.17, 15) is 0 Å². The maximum atomic E-state index is 5.69. The summed E-state index contributed by atoms with van der Waals surface area (Å²) in [5.74, 6) is 2.31. The minimum Gasteiger partial charge on any atom is -0.491 e. The molecule has 0 aromatic heterocycles. The first-order valence-corrected chi connectivity index (χ1v) is 7.76. The molecule has 23 heavy (non-hydrogen) atoms. The molecule has 0 aliphatic carbocycles. The average Bonchev–Trinajstić information content (AvgIpc) is 3.01. The molecule has 0 saturated heterocycles. The first-order chi connectivity index (χ1) is 11.2. The van der Waals surface area contributed by atoms with Gasteiger partial charge >= 0.3 is 0 Å². The van der Waals surface area contributed by atoms with Crippen LogP contribution >= 0.6 is 12.2 Å². The van der Waals surface area contributed by atoms with Gasteiger partial charge in [-0.05, 0) is 43.4 Å². The van der Waals surface area contributed by atoms with Gasteiger partial charge in [-0.25, -0.2) is 0 Å². The van der Waals surface area contributed by atoms with E-state index in [-0.39, 0.29) is 12.8 Å². The van der Waals surface area contributed by atoms with Crippen molar-refractivity contribution in [3.63, 3.8) is 0 Å². The molecular weight excluding hydrogens is 312 g/mol. The second kappa shape index (κ2) is 7.19. The molecule has 0 spiro atoms. The minimum atomic E-state index is 0.0733. The van der Waals surface area contributed by atoms with E-state index >= 15 is 0 Å². The molecule has 1 aliphatic rings. The van der Waals surface area contributed by atoms with Gasteiger partial charge in [-0.3, -0.25) is 0 Å². The lowest BCUT2D eigenvalue weighted by Crippen LogP contribution is -2.39. The number of benzene rings is 2. The summed E-state index contributed by atoms with van der Waals surface area (Å²) >= 11 is 5.32. The Balaban J connectivity index is 1.47. The highest BCUT2D eigenvalue weighted by molar-refractivity contribution is 7.80. The molecule has 3 rings (SSSR count). The lowest BCUT2D eigenvalue weighted by Gasteiger charge is -2.17. The van der Waals surface area contributed by atoms with Gasteiger partial charge in [0.25, 0.3) is 0 Å². The summed E-state index contributed by atoms with van der Waals surface area (Å²) in [7, 11) is 0. The van der Waals surface area contributed by atoms with E-state index < -0.39 is 0 Å². The van der Waals surface area contributed by atoms with Crippen LogP contribution in [0.5, 0.6) is 17.2 Å². The molecule has 6 heteroatoms. The van der Waals surface area contributed by atoms with Crippen LogP contribution < -0.4 is 24.8 Å². The lowest BCUT2D eigenvalue weighted by molar-refractivity contribution is 0.174. The molecule has 2 aromatic carbocycles. The number of rotatable bonds is 5. The van der Waals surface area contributed by atoms with Crippen LogP contribution in [-0.2, 0) is 0 Å². The van der Waals surface area contributed by atoms with Crippen molar-refractivity contribution >= 4 is 23.0 Å². The predicted molar refractivity (Wildman–Crippen MR) is 93.3 cm³/mol. The zero-order chi connectivity index (χ0) is 16.1. The lowest BCUT2D eigenvalue weighted by atomic mass is 10.3. The first kappa shape index (κ1) is 15.4. The van der Waals surface area contributed by atoms with E-state index in [0.29, 0.717) is 11.7 Å². The van der Waals surface area contributed by atoms with Gasteiger partial charge < -0.3 is 24.8 Å². The topological polar surface area (TPSA) is 51.8 Å². The monoisotopic (exact) mass is 330 g/mol. The number of anilines is 1. The van der Waals surface area contributed by atoms with Gasteiger partial charge in [-0.1, -0.05) is 18.2 Å². The summed E-state index contributed by atoms with van der Waals surface area (Å²) in [6.07, 6.45) is 0. The van der Waals surface area contributed by atoms with Crippen LogP contribution in [0, 0.1) is 0 Å². The standard InChI is InChI=1S/C17H18N2O3S/c1-12(10-20-14-5-3-2-4-6-14)18-17(23)19-13-7-8-15-16(9-13)22-11-21-15/h2-9,12H,10-11H2,1H3,(H2,18,19,23). The van der Waals surface area contributed by atoms with Crippen LogP contribution in [0.15, 0.2) is 48.5 Å². The van der Waals surface area contributed by atoms with Crippen LogP contribution in [0.25, 0.3) is 0 Å². The third-order valence-corrected chi connectivity index (χ3v) is 3.47. The molecule has 0 bridgehead atoms. The highest BCUT2D eigenvalue weighted by atomic mass is 32.1.